The molecule has 0 amide bonds. The van der Waals surface area contributed by atoms with Crippen molar-refractivity contribution in [1.29, 1.82) is 0 Å². The van der Waals surface area contributed by atoms with Gasteiger partial charge in [-0.05, 0) is 24.0 Å². The summed E-state index contributed by atoms with van der Waals surface area (Å²) in [6.45, 7) is 1.57. The molecule has 2 aromatic rings. The van der Waals surface area contributed by atoms with Crippen LogP contribution < -0.4 is 5.32 Å². The fourth-order valence-electron chi connectivity index (χ4n) is 2.51. The third-order valence-corrected chi connectivity index (χ3v) is 3.61. The zero-order valence-electron chi connectivity index (χ0n) is 11.6. The van der Waals surface area contributed by atoms with Crippen LogP contribution in [0.25, 0.3) is 0 Å². The van der Waals surface area contributed by atoms with Crippen molar-refractivity contribution in [2.75, 3.05) is 13.7 Å². The Hall–Kier alpha value is -1.72. The molecule has 0 bridgehead atoms. The predicted octanol–water partition coefficient (Wildman–Crippen LogP) is 2.04. The van der Waals surface area contributed by atoms with Crippen LogP contribution >= 0.6 is 0 Å². The molecule has 20 heavy (non-hydrogen) atoms. The standard InChI is InChI=1S/C15H19N3O2/c1-19-8-4-7-14-17-15(20-18-14)13-9-11-5-2-3-6-12(11)10-16-13/h2-3,5-6,13,16H,4,7-10H2,1H3. The molecule has 5 heteroatoms. The minimum absolute atomic E-state index is 0.119. The van der Waals surface area contributed by atoms with Gasteiger partial charge < -0.3 is 14.6 Å². The number of ether oxygens (including phenoxy) is 1. The molecular weight excluding hydrogens is 254 g/mol. The molecule has 0 fully saturated rings. The number of hydrogen-bond acceptors (Lipinski definition) is 5. The van der Waals surface area contributed by atoms with E-state index in [1.165, 1.54) is 11.1 Å². The predicted molar refractivity (Wildman–Crippen MR) is 74.2 cm³/mol. The number of benzene rings is 1. The van der Waals surface area contributed by atoms with Crippen LogP contribution in [0.15, 0.2) is 28.8 Å². The topological polar surface area (TPSA) is 60.2 Å². The van der Waals surface area contributed by atoms with Crippen molar-refractivity contribution in [3.8, 4) is 0 Å². The third-order valence-electron chi connectivity index (χ3n) is 3.61. The van der Waals surface area contributed by atoms with Crippen molar-refractivity contribution < 1.29 is 9.26 Å². The van der Waals surface area contributed by atoms with E-state index < -0.39 is 0 Å². The Balaban J connectivity index is 1.66. The lowest BCUT2D eigenvalue weighted by molar-refractivity contribution is 0.194. The first-order chi connectivity index (χ1) is 9.86. The van der Waals surface area contributed by atoms with Gasteiger partial charge in [-0.15, -0.1) is 0 Å². The molecule has 0 saturated carbocycles. The summed E-state index contributed by atoms with van der Waals surface area (Å²) >= 11 is 0. The Morgan fingerprint density at radius 3 is 3.05 bits per heavy atom. The summed E-state index contributed by atoms with van der Waals surface area (Å²) in [7, 11) is 1.70. The highest BCUT2D eigenvalue weighted by molar-refractivity contribution is 5.30. The van der Waals surface area contributed by atoms with Crippen molar-refractivity contribution in [1.82, 2.24) is 15.5 Å². The molecule has 1 aromatic carbocycles. The second kappa shape index (κ2) is 6.15. The fraction of sp³-hybridized carbons (Fsp3) is 0.467. The monoisotopic (exact) mass is 273 g/mol. The van der Waals surface area contributed by atoms with Gasteiger partial charge in [0.2, 0.25) is 5.89 Å². The number of methoxy groups -OCH3 is 1. The molecule has 1 aromatic heterocycles. The smallest absolute Gasteiger partial charge is 0.244 e. The summed E-state index contributed by atoms with van der Waals surface area (Å²) in [5.74, 6) is 1.45. The van der Waals surface area contributed by atoms with Gasteiger partial charge in [0.25, 0.3) is 0 Å². The average Bonchev–Trinajstić information content (AvgIpc) is 2.96. The minimum Gasteiger partial charge on any atom is -0.385 e. The number of nitrogens with one attached hydrogen (secondary N) is 1. The maximum Gasteiger partial charge on any atom is 0.244 e. The molecule has 0 radical (unpaired) electrons. The highest BCUT2D eigenvalue weighted by Crippen LogP contribution is 2.24. The molecule has 5 nitrogen and oxygen atoms in total. The molecule has 1 atom stereocenters. The first-order valence-electron chi connectivity index (χ1n) is 6.98. The maximum absolute atomic E-state index is 5.39. The molecule has 0 saturated heterocycles. The summed E-state index contributed by atoms with van der Waals surface area (Å²) in [6, 6.07) is 8.59. The van der Waals surface area contributed by atoms with Crippen LogP contribution in [0, 0.1) is 0 Å². The highest BCUT2D eigenvalue weighted by atomic mass is 16.5. The number of nitrogens with zero attached hydrogens (tertiary/aromatic N) is 2. The summed E-state index contributed by atoms with van der Waals surface area (Å²) in [6.07, 6.45) is 2.60. The number of hydrogen-bond donors (Lipinski definition) is 1. The van der Waals surface area contributed by atoms with Crippen molar-refractivity contribution in [3.63, 3.8) is 0 Å². The van der Waals surface area contributed by atoms with E-state index in [1.807, 2.05) is 0 Å². The maximum atomic E-state index is 5.39. The van der Waals surface area contributed by atoms with E-state index in [0.717, 1.165) is 38.2 Å². The summed E-state index contributed by atoms with van der Waals surface area (Å²) in [5.41, 5.74) is 2.71. The van der Waals surface area contributed by atoms with Gasteiger partial charge in [0.05, 0.1) is 6.04 Å². The van der Waals surface area contributed by atoms with Crippen LogP contribution in [0.3, 0.4) is 0 Å². The van der Waals surface area contributed by atoms with Crippen molar-refractivity contribution in [3.05, 3.63) is 47.1 Å². The lowest BCUT2D eigenvalue weighted by Crippen LogP contribution is -2.28. The van der Waals surface area contributed by atoms with Gasteiger partial charge in [-0.25, -0.2) is 0 Å². The molecule has 106 valence electrons. The van der Waals surface area contributed by atoms with Crippen LogP contribution in [0.4, 0.5) is 0 Å². The third kappa shape index (κ3) is 2.89. The Morgan fingerprint density at radius 1 is 1.35 bits per heavy atom. The van der Waals surface area contributed by atoms with Gasteiger partial charge in [-0.3, -0.25) is 0 Å². The molecule has 2 heterocycles. The van der Waals surface area contributed by atoms with Crippen molar-refractivity contribution in [2.45, 2.75) is 31.8 Å². The van der Waals surface area contributed by atoms with E-state index in [1.54, 1.807) is 7.11 Å². The van der Waals surface area contributed by atoms with Gasteiger partial charge >= 0.3 is 0 Å². The first-order valence-corrected chi connectivity index (χ1v) is 6.98. The van der Waals surface area contributed by atoms with E-state index in [9.17, 15) is 0 Å². The van der Waals surface area contributed by atoms with Crippen LogP contribution in [0.5, 0.6) is 0 Å². The van der Waals surface area contributed by atoms with E-state index in [4.69, 9.17) is 9.26 Å². The van der Waals surface area contributed by atoms with Gasteiger partial charge in [0, 0.05) is 26.7 Å². The van der Waals surface area contributed by atoms with Crippen LogP contribution in [0.2, 0.25) is 0 Å². The van der Waals surface area contributed by atoms with E-state index >= 15 is 0 Å². The average molecular weight is 273 g/mol. The van der Waals surface area contributed by atoms with E-state index in [-0.39, 0.29) is 6.04 Å². The number of aromatic nitrogens is 2. The van der Waals surface area contributed by atoms with Crippen LogP contribution in [-0.4, -0.2) is 23.9 Å². The van der Waals surface area contributed by atoms with Crippen molar-refractivity contribution in [2.24, 2.45) is 0 Å². The zero-order valence-corrected chi connectivity index (χ0v) is 11.6. The molecule has 0 spiro atoms. The summed E-state index contributed by atoms with van der Waals surface area (Å²) < 4.78 is 10.4. The van der Waals surface area contributed by atoms with Gasteiger partial charge in [-0.1, -0.05) is 29.4 Å². The molecule has 0 aliphatic carbocycles. The Morgan fingerprint density at radius 2 is 2.20 bits per heavy atom. The van der Waals surface area contributed by atoms with E-state index in [2.05, 4.69) is 39.7 Å². The van der Waals surface area contributed by atoms with Gasteiger partial charge in [0.1, 0.15) is 0 Å². The Labute approximate surface area is 118 Å². The first kappa shape index (κ1) is 13.3. The second-order valence-electron chi connectivity index (χ2n) is 5.05. The van der Waals surface area contributed by atoms with Crippen LogP contribution in [0.1, 0.15) is 35.3 Å². The lowest BCUT2D eigenvalue weighted by atomic mass is 9.96. The quantitative estimate of drug-likeness (QED) is 0.845. The lowest BCUT2D eigenvalue weighted by Gasteiger charge is -2.23. The van der Waals surface area contributed by atoms with Crippen molar-refractivity contribution >= 4 is 0 Å². The molecular formula is C15H19N3O2. The molecule has 1 aliphatic heterocycles. The molecule has 1 N–H and O–H groups in total. The molecule has 1 unspecified atom stereocenters. The molecule has 1 aliphatic rings. The number of aryl methyl sites for hydroxylation is 1. The SMILES string of the molecule is COCCCc1noc(C2Cc3ccccc3CN2)n1. The molecule has 3 rings (SSSR count). The summed E-state index contributed by atoms with van der Waals surface area (Å²) in [5, 5.41) is 7.49. The van der Waals surface area contributed by atoms with Gasteiger partial charge in [0.15, 0.2) is 5.82 Å². The Bertz CT molecular complexity index is 568. The summed E-state index contributed by atoms with van der Waals surface area (Å²) in [4.78, 5) is 4.48. The van der Waals surface area contributed by atoms with Crippen LogP contribution in [-0.2, 0) is 24.1 Å². The number of rotatable bonds is 5. The largest absolute Gasteiger partial charge is 0.385 e. The minimum atomic E-state index is 0.119. The highest BCUT2D eigenvalue weighted by Gasteiger charge is 2.23. The zero-order chi connectivity index (χ0) is 13.8. The second-order valence-corrected chi connectivity index (χ2v) is 5.05. The fourth-order valence-corrected chi connectivity index (χ4v) is 2.51. The number of fused-ring (bicyclic) bond motifs is 1. The van der Waals surface area contributed by atoms with Gasteiger partial charge in [-0.2, -0.15) is 4.98 Å². The van der Waals surface area contributed by atoms with E-state index in [0.29, 0.717) is 5.89 Å². The normalized spacial score (nSPS) is 17.9. The Kier molecular flexibility index (Phi) is 4.08.